The van der Waals surface area contributed by atoms with Crippen LogP contribution in [0.2, 0.25) is 0 Å². The van der Waals surface area contributed by atoms with Gasteiger partial charge in [0.25, 0.3) is 0 Å². The SMILES string of the molecule is CC1(C)C(O)CC(O)[C@]2(C)C1CC(=O)[C@]1(C)C2CC[C@@]2(C)C(c3ccoc3)OC(=O)C3OC321. The van der Waals surface area contributed by atoms with Crippen LogP contribution in [0.5, 0.6) is 0 Å². The molecule has 3 heterocycles. The zero-order valence-electron chi connectivity index (χ0n) is 20.0. The van der Waals surface area contributed by atoms with Crippen molar-refractivity contribution in [1.82, 2.24) is 0 Å². The molecule has 0 bridgehead atoms. The number of cyclic esters (lactones) is 1. The first-order chi connectivity index (χ1) is 15.4. The quantitative estimate of drug-likeness (QED) is 0.491. The summed E-state index contributed by atoms with van der Waals surface area (Å²) in [5.74, 6) is -0.696. The Balaban J connectivity index is 1.52. The van der Waals surface area contributed by atoms with Gasteiger partial charge in [-0.1, -0.05) is 27.7 Å². The minimum atomic E-state index is -0.981. The summed E-state index contributed by atoms with van der Waals surface area (Å²) in [5, 5.41) is 22.2. The molecule has 10 atom stereocenters. The van der Waals surface area contributed by atoms with Gasteiger partial charge in [0.05, 0.1) is 30.1 Å². The van der Waals surface area contributed by atoms with Crippen LogP contribution in [0, 0.1) is 33.5 Å². The lowest BCUT2D eigenvalue weighted by molar-refractivity contribution is -0.253. The molecule has 3 aliphatic carbocycles. The Bertz CT molecular complexity index is 1030. The van der Waals surface area contributed by atoms with Crippen molar-refractivity contribution in [3.63, 3.8) is 0 Å². The van der Waals surface area contributed by atoms with Crippen LogP contribution in [-0.2, 0) is 19.1 Å². The number of carbonyl (C=O) groups excluding carboxylic acids is 2. The lowest BCUT2D eigenvalue weighted by Gasteiger charge is -2.69. The number of hydrogen-bond donors (Lipinski definition) is 2. The second-order valence-corrected chi connectivity index (χ2v) is 12.5. The van der Waals surface area contributed by atoms with E-state index >= 15 is 0 Å². The van der Waals surface area contributed by atoms with E-state index in [9.17, 15) is 19.8 Å². The van der Waals surface area contributed by atoms with Gasteiger partial charge in [-0.25, -0.2) is 4.79 Å². The second-order valence-electron chi connectivity index (χ2n) is 12.5. The molecule has 7 nitrogen and oxygen atoms in total. The van der Waals surface area contributed by atoms with Crippen molar-refractivity contribution in [2.45, 2.75) is 90.3 Å². The molecule has 7 heteroatoms. The van der Waals surface area contributed by atoms with E-state index in [-0.39, 0.29) is 30.5 Å². The number of Topliss-reactive ketones (excluding diaryl/α,β-unsaturated/α-hetero) is 1. The summed E-state index contributed by atoms with van der Waals surface area (Å²) in [4.78, 5) is 27.2. The van der Waals surface area contributed by atoms with Crippen molar-refractivity contribution in [3.8, 4) is 0 Å². The van der Waals surface area contributed by atoms with Crippen molar-refractivity contribution in [2.75, 3.05) is 0 Å². The number of furan rings is 1. The number of aliphatic hydroxyl groups is 2. The molecule has 6 rings (SSSR count). The molecule has 180 valence electrons. The number of carbonyl (C=O) groups is 2. The van der Waals surface area contributed by atoms with Gasteiger partial charge in [0.15, 0.2) is 6.10 Å². The van der Waals surface area contributed by atoms with Gasteiger partial charge in [-0.15, -0.1) is 0 Å². The third-order valence-corrected chi connectivity index (χ3v) is 11.1. The van der Waals surface area contributed by atoms with Crippen LogP contribution in [0.15, 0.2) is 23.0 Å². The first-order valence-electron chi connectivity index (χ1n) is 12.2. The fourth-order valence-corrected chi connectivity index (χ4v) is 9.18. The molecule has 2 N–H and O–H groups in total. The molecule has 0 amide bonds. The summed E-state index contributed by atoms with van der Waals surface area (Å²) in [6.45, 7) is 10.2. The Morgan fingerprint density at radius 2 is 1.73 bits per heavy atom. The maximum absolute atomic E-state index is 14.2. The van der Waals surface area contributed by atoms with Gasteiger partial charge in [0.1, 0.15) is 17.5 Å². The van der Waals surface area contributed by atoms with E-state index in [1.165, 1.54) is 0 Å². The molecular formula is C26H34O7. The fourth-order valence-electron chi connectivity index (χ4n) is 9.18. The third-order valence-electron chi connectivity index (χ3n) is 11.1. The number of ketones is 1. The van der Waals surface area contributed by atoms with Gasteiger partial charge in [-0.3, -0.25) is 4.79 Å². The van der Waals surface area contributed by atoms with E-state index in [1.807, 2.05) is 26.8 Å². The first-order valence-corrected chi connectivity index (χ1v) is 12.2. The molecule has 0 radical (unpaired) electrons. The minimum Gasteiger partial charge on any atom is -0.472 e. The molecule has 3 saturated carbocycles. The molecule has 33 heavy (non-hydrogen) atoms. The van der Waals surface area contributed by atoms with Crippen molar-refractivity contribution >= 4 is 11.8 Å². The molecule has 2 saturated heterocycles. The number of esters is 1. The molecule has 1 spiro atoms. The predicted molar refractivity (Wildman–Crippen MR) is 116 cm³/mol. The average molecular weight is 459 g/mol. The highest BCUT2D eigenvalue weighted by Crippen LogP contribution is 2.79. The standard InChI is InChI=1S/C26H34O7/c1-22(2)15-10-18(29)25(5)14(24(15,4)17(28)11-16(22)27)6-8-23(3)19(13-7-9-31-12-13)32-21(30)20-26(23,25)33-20/h7,9,12,14-17,19-20,27-28H,6,8,10-11H2,1-5H3/t14?,15?,16?,17?,19?,20?,23-,24-,25-,26?/m0/s1. The lowest BCUT2D eigenvalue weighted by Crippen LogP contribution is -2.74. The van der Waals surface area contributed by atoms with E-state index < -0.39 is 57.6 Å². The normalized spacial score (nSPS) is 54.4. The first kappa shape index (κ1) is 21.8. The third kappa shape index (κ3) is 2.15. The molecule has 7 unspecified atom stereocenters. The van der Waals surface area contributed by atoms with E-state index in [0.29, 0.717) is 12.8 Å². The van der Waals surface area contributed by atoms with Crippen LogP contribution < -0.4 is 0 Å². The van der Waals surface area contributed by atoms with Gasteiger partial charge in [0, 0.05) is 29.2 Å². The number of hydrogen-bond acceptors (Lipinski definition) is 7. The Labute approximate surface area is 193 Å². The van der Waals surface area contributed by atoms with Crippen LogP contribution in [0.25, 0.3) is 0 Å². The summed E-state index contributed by atoms with van der Waals surface area (Å²) in [5.41, 5.74) is -2.84. The van der Waals surface area contributed by atoms with Crippen LogP contribution in [0.3, 0.4) is 0 Å². The highest BCUT2D eigenvalue weighted by Gasteiger charge is 2.88. The Kier molecular flexibility index (Phi) is 4.03. The van der Waals surface area contributed by atoms with Crippen LogP contribution in [-0.4, -0.2) is 45.9 Å². The summed E-state index contributed by atoms with van der Waals surface area (Å²) < 4.78 is 17.5. The van der Waals surface area contributed by atoms with E-state index in [4.69, 9.17) is 13.9 Å². The van der Waals surface area contributed by atoms with Crippen molar-refractivity contribution in [1.29, 1.82) is 0 Å². The summed E-state index contributed by atoms with van der Waals surface area (Å²) >= 11 is 0. The van der Waals surface area contributed by atoms with E-state index in [2.05, 4.69) is 13.8 Å². The van der Waals surface area contributed by atoms with Crippen molar-refractivity contribution < 1.29 is 33.7 Å². The minimum absolute atomic E-state index is 0.0680. The summed E-state index contributed by atoms with van der Waals surface area (Å²) in [7, 11) is 0. The molecule has 1 aromatic heterocycles. The number of epoxide rings is 1. The highest BCUT2D eigenvalue weighted by molar-refractivity contribution is 5.93. The molecular weight excluding hydrogens is 424 g/mol. The Hall–Kier alpha value is -1.70. The fraction of sp³-hybridized carbons (Fsp3) is 0.769. The van der Waals surface area contributed by atoms with E-state index in [1.54, 1.807) is 12.5 Å². The van der Waals surface area contributed by atoms with Gasteiger partial charge in [0.2, 0.25) is 0 Å². The zero-order valence-corrected chi connectivity index (χ0v) is 20.0. The smallest absolute Gasteiger partial charge is 0.339 e. The topological polar surface area (TPSA) is 110 Å². The predicted octanol–water partition coefficient (Wildman–Crippen LogP) is 3.18. The molecule has 5 aliphatic rings. The molecule has 2 aliphatic heterocycles. The van der Waals surface area contributed by atoms with Crippen LogP contribution >= 0.6 is 0 Å². The van der Waals surface area contributed by atoms with Crippen LogP contribution in [0.1, 0.15) is 72.0 Å². The van der Waals surface area contributed by atoms with Crippen molar-refractivity contribution in [3.05, 3.63) is 24.2 Å². The van der Waals surface area contributed by atoms with E-state index in [0.717, 1.165) is 5.56 Å². The Morgan fingerprint density at radius 3 is 2.39 bits per heavy atom. The van der Waals surface area contributed by atoms with Crippen LogP contribution in [0.4, 0.5) is 0 Å². The highest BCUT2D eigenvalue weighted by atomic mass is 16.7. The van der Waals surface area contributed by atoms with Gasteiger partial charge in [-0.2, -0.15) is 0 Å². The number of ether oxygens (including phenoxy) is 2. The lowest BCUT2D eigenvalue weighted by atomic mass is 9.34. The Morgan fingerprint density at radius 1 is 1.00 bits per heavy atom. The summed E-state index contributed by atoms with van der Waals surface area (Å²) in [6.07, 6.45) is 2.36. The average Bonchev–Trinajstić information content (AvgIpc) is 3.32. The monoisotopic (exact) mass is 458 g/mol. The number of aliphatic hydroxyl groups excluding tert-OH is 2. The molecule has 5 fully saturated rings. The maximum Gasteiger partial charge on any atom is 0.339 e. The number of fused-ring (bicyclic) bond motifs is 3. The zero-order chi connectivity index (χ0) is 23.8. The van der Waals surface area contributed by atoms with Gasteiger partial charge >= 0.3 is 5.97 Å². The van der Waals surface area contributed by atoms with Gasteiger partial charge in [-0.05, 0) is 43.1 Å². The summed E-state index contributed by atoms with van der Waals surface area (Å²) in [6, 6.07) is 1.81. The van der Waals surface area contributed by atoms with Crippen molar-refractivity contribution in [2.24, 2.45) is 33.5 Å². The second kappa shape index (κ2) is 6.10. The largest absolute Gasteiger partial charge is 0.472 e. The van der Waals surface area contributed by atoms with Gasteiger partial charge < -0.3 is 24.1 Å². The molecule has 0 aromatic carbocycles. The molecule has 1 aromatic rings. The maximum atomic E-state index is 14.2. The number of rotatable bonds is 1.